The van der Waals surface area contributed by atoms with Gasteiger partial charge in [-0.3, -0.25) is 4.79 Å². The molecule has 5 nitrogen and oxygen atoms in total. The highest BCUT2D eigenvalue weighted by atomic mass is 19.1. The number of aryl methyl sites for hydroxylation is 1. The van der Waals surface area contributed by atoms with Gasteiger partial charge in [0.05, 0.1) is 11.6 Å². The first-order chi connectivity index (χ1) is 8.95. The van der Waals surface area contributed by atoms with E-state index in [1.807, 2.05) is 0 Å². The van der Waals surface area contributed by atoms with Crippen molar-refractivity contribution in [2.75, 3.05) is 11.9 Å². The Kier molecular flexibility index (Phi) is 5.29. The summed E-state index contributed by atoms with van der Waals surface area (Å²) in [6.07, 6.45) is 0.411. The van der Waals surface area contributed by atoms with Crippen LogP contribution in [0.4, 0.5) is 14.9 Å². The molecular weight excluding hydrogens is 251 g/mol. The van der Waals surface area contributed by atoms with Crippen LogP contribution in [0, 0.1) is 18.7 Å². The molecule has 3 N–H and O–H groups in total. The van der Waals surface area contributed by atoms with Gasteiger partial charge in [-0.1, -0.05) is 19.1 Å². The molecule has 0 heterocycles. The molecule has 0 aliphatic rings. The van der Waals surface area contributed by atoms with Crippen LogP contribution in [0.3, 0.4) is 0 Å². The number of nitrogens with one attached hydrogen (secondary N) is 2. The maximum Gasteiger partial charge on any atom is 0.319 e. The van der Waals surface area contributed by atoms with Gasteiger partial charge in [-0.25, -0.2) is 9.18 Å². The van der Waals surface area contributed by atoms with E-state index in [2.05, 4.69) is 10.6 Å². The zero-order valence-corrected chi connectivity index (χ0v) is 10.9. The van der Waals surface area contributed by atoms with Crippen molar-refractivity contribution in [2.45, 2.75) is 20.3 Å². The quantitative estimate of drug-likeness (QED) is 0.767. The lowest BCUT2D eigenvalue weighted by molar-refractivity contribution is -0.141. The van der Waals surface area contributed by atoms with Crippen molar-refractivity contribution >= 4 is 17.7 Å². The fourth-order valence-corrected chi connectivity index (χ4v) is 1.57. The Balaban J connectivity index is 2.59. The zero-order chi connectivity index (χ0) is 14.4. The number of aliphatic carboxylic acids is 1. The minimum atomic E-state index is -0.968. The molecule has 2 amide bonds. The largest absolute Gasteiger partial charge is 0.481 e. The number of carboxylic acids is 1. The van der Waals surface area contributed by atoms with E-state index < -0.39 is 23.7 Å². The first kappa shape index (κ1) is 14.9. The summed E-state index contributed by atoms with van der Waals surface area (Å²) in [4.78, 5) is 22.4. The Morgan fingerprint density at radius 1 is 1.42 bits per heavy atom. The molecule has 0 saturated heterocycles. The van der Waals surface area contributed by atoms with E-state index in [4.69, 9.17) is 5.11 Å². The summed E-state index contributed by atoms with van der Waals surface area (Å²) in [7, 11) is 0. The molecule has 0 spiro atoms. The Morgan fingerprint density at radius 2 is 2.11 bits per heavy atom. The number of hydrogen-bond acceptors (Lipinski definition) is 2. The summed E-state index contributed by atoms with van der Waals surface area (Å²) < 4.78 is 13.5. The van der Waals surface area contributed by atoms with Crippen LogP contribution in [0.2, 0.25) is 0 Å². The second-order valence-electron chi connectivity index (χ2n) is 4.21. The maximum atomic E-state index is 13.5. The smallest absolute Gasteiger partial charge is 0.319 e. The third-order valence-electron chi connectivity index (χ3n) is 2.81. The van der Waals surface area contributed by atoms with Crippen LogP contribution in [0.1, 0.15) is 18.9 Å². The molecule has 0 radical (unpaired) electrons. The monoisotopic (exact) mass is 268 g/mol. The van der Waals surface area contributed by atoms with Crippen LogP contribution < -0.4 is 10.6 Å². The van der Waals surface area contributed by atoms with Gasteiger partial charge in [-0.05, 0) is 25.0 Å². The Labute approximate surface area is 110 Å². The lowest BCUT2D eigenvalue weighted by atomic mass is 10.1. The van der Waals surface area contributed by atoms with Gasteiger partial charge >= 0.3 is 12.0 Å². The lowest BCUT2D eigenvalue weighted by Gasteiger charge is -2.13. The number of carbonyl (C=O) groups excluding carboxylic acids is 1. The Morgan fingerprint density at radius 3 is 2.63 bits per heavy atom. The molecule has 0 aliphatic heterocycles. The highest BCUT2D eigenvalue weighted by Gasteiger charge is 2.16. The molecule has 0 fully saturated rings. The average molecular weight is 268 g/mol. The molecule has 1 unspecified atom stereocenters. The summed E-state index contributed by atoms with van der Waals surface area (Å²) in [5, 5.41) is 13.6. The number of benzene rings is 1. The van der Waals surface area contributed by atoms with E-state index in [9.17, 15) is 14.0 Å². The number of anilines is 1. The molecule has 1 rings (SSSR count). The van der Waals surface area contributed by atoms with E-state index in [-0.39, 0.29) is 12.2 Å². The van der Waals surface area contributed by atoms with E-state index in [1.165, 1.54) is 6.07 Å². The minimum absolute atomic E-state index is 0.00513. The first-order valence-electron chi connectivity index (χ1n) is 5.98. The second-order valence-corrected chi connectivity index (χ2v) is 4.21. The molecule has 0 saturated carbocycles. The van der Waals surface area contributed by atoms with Crippen molar-refractivity contribution in [3.63, 3.8) is 0 Å². The van der Waals surface area contributed by atoms with E-state index in [0.717, 1.165) is 0 Å². The fraction of sp³-hybridized carbons (Fsp3) is 0.385. The van der Waals surface area contributed by atoms with Crippen molar-refractivity contribution in [3.8, 4) is 0 Å². The summed E-state index contributed by atoms with van der Waals surface area (Å²) in [6.45, 7) is 3.40. The second kappa shape index (κ2) is 6.72. The van der Waals surface area contributed by atoms with Crippen LogP contribution in [-0.2, 0) is 4.79 Å². The number of hydrogen-bond donors (Lipinski definition) is 3. The third-order valence-corrected chi connectivity index (χ3v) is 2.81. The van der Waals surface area contributed by atoms with Crippen LogP contribution in [0.5, 0.6) is 0 Å². The maximum absolute atomic E-state index is 13.5. The third kappa shape index (κ3) is 4.24. The van der Waals surface area contributed by atoms with Crippen LogP contribution >= 0.6 is 0 Å². The van der Waals surface area contributed by atoms with Crippen molar-refractivity contribution in [3.05, 3.63) is 29.6 Å². The number of carboxylic acid groups (broad SMARTS) is 1. The normalized spacial score (nSPS) is 11.7. The van der Waals surface area contributed by atoms with Gasteiger partial charge in [0, 0.05) is 6.54 Å². The average Bonchev–Trinajstić information content (AvgIpc) is 2.34. The molecule has 0 bridgehead atoms. The predicted octanol–water partition coefficient (Wildman–Crippen LogP) is 2.37. The number of para-hydroxylation sites is 1. The van der Waals surface area contributed by atoms with E-state index >= 15 is 0 Å². The standard InChI is InChI=1S/C13H17FN2O3/c1-3-9(12(17)18)7-15-13(19)16-11-8(2)5-4-6-10(11)14/h4-6,9H,3,7H2,1-2H3,(H,17,18)(H2,15,16,19). The molecule has 1 atom stereocenters. The molecule has 1 aromatic carbocycles. The minimum Gasteiger partial charge on any atom is -0.481 e. The number of urea groups is 1. The summed E-state index contributed by atoms with van der Waals surface area (Å²) in [6, 6.07) is 3.85. The van der Waals surface area contributed by atoms with Crippen molar-refractivity contribution in [2.24, 2.45) is 5.92 Å². The summed E-state index contributed by atoms with van der Waals surface area (Å²) in [5.74, 6) is -2.14. The van der Waals surface area contributed by atoms with Gasteiger partial charge in [0.1, 0.15) is 5.82 Å². The molecule has 0 aliphatic carbocycles. The lowest BCUT2D eigenvalue weighted by Crippen LogP contribution is -2.35. The predicted molar refractivity (Wildman–Crippen MR) is 69.6 cm³/mol. The SMILES string of the molecule is CCC(CNC(=O)Nc1c(C)cccc1F)C(=O)O. The highest BCUT2D eigenvalue weighted by molar-refractivity contribution is 5.90. The van der Waals surface area contributed by atoms with Crippen molar-refractivity contribution < 1.29 is 19.1 Å². The molecule has 19 heavy (non-hydrogen) atoms. The highest BCUT2D eigenvalue weighted by Crippen LogP contribution is 2.18. The number of rotatable bonds is 5. The summed E-state index contributed by atoms with van der Waals surface area (Å²) in [5.41, 5.74) is 0.698. The van der Waals surface area contributed by atoms with Gasteiger partial charge in [-0.2, -0.15) is 0 Å². The molecular formula is C13H17FN2O3. The van der Waals surface area contributed by atoms with Crippen LogP contribution in [0.15, 0.2) is 18.2 Å². The first-order valence-corrected chi connectivity index (χ1v) is 5.98. The topological polar surface area (TPSA) is 78.4 Å². The Bertz CT molecular complexity index is 457. The van der Waals surface area contributed by atoms with Crippen LogP contribution in [0.25, 0.3) is 0 Å². The van der Waals surface area contributed by atoms with Gasteiger partial charge in [-0.15, -0.1) is 0 Å². The van der Waals surface area contributed by atoms with Gasteiger partial charge in [0.15, 0.2) is 0 Å². The summed E-state index contributed by atoms with van der Waals surface area (Å²) >= 11 is 0. The number of carbonyl (C=O) groups is 2. The molecule has 1 aromatic rings. The molecule has 0 aromatic heterocycles. The van der Waals surface area contributed by atoms with E-state index in [1.54, 1.807) is 26.0 Å². The van der Waals surface area contributed by atoms with Gasteiger partial charge in [0.2, 0.25) is 0 Å². The van der Waals surface area contributed by atoms with E-state index in [0.29, 0.717) is 12.0 Å². The fourth-order valence-electron chi connectivity index (χ4n) is 1.57. The zero-order valence-electron chi connectivity index (χ0n) is 10.9. The van der Waals surface area contributed by atoms with Gasteiger partial charge in [0.25, 0.3) is 0 Å². The van der Waals surface area contributed by atoms with Crippen LogP contribution in [-0.4, -0.2) is 23.7 Å². The van der Waals surface area contributed by atoms with Crippen molar-refractivity contribution in [1.29, 1.82) is 0 Å². The van der Waals surface area contributed by atoms with Crippen molar-refractivity contribution in [1.82, 2.24) is 5.32 Å². The Hall–Kier alpha value is -2.11. The number of amides is 2. The molecule has 6 heteroatoms. The van der Waals surface area contributed by atoms with Gasteiger partial charge < -0.3 is 15.7 Å². The molecule has 104 valence electrons. The number of halogens is 1.